The normalized spacial score (nSPS) is 15.8. The van der Waals surface area contributed by atoms with Crippen molar-refractivity contribution in [3.05, 3.63) is 87.6 Å². The summed E-state index contributed by atoms with van der Waals surface area (Å²) in [5, 5.41) is 10.9. The lowest BCUT2D eigenvalue weighted by Crippen LogP contribution is -2.31. The van der Waals surface area contributed by atoms with Crippen LogP contribution in [0, 0.1) is 10.1 Å². The Bertz CT molecular complexity index is 866. The van der Waals surface area contributed by atoms with Crippen molar-refractivity contribution in [3.63, 3.8) is 0 Å². The van der Waals surface area contributed by atoms with Crippen molar-refractivity contribution in [2.75, 3.05) is 11.4 Å². The van der Waals surface area contributed by atoms with Crippen LogP contribution in [-0.2, 0) is 5.41 Å². The maximum absolute atomic E-state index is 10.9. The average Bonchev–Trinajstić information content (AvgIpc) is 2.61. The van der Waals surface area contributed by atoms with E-state index in [1.807, 2.05) is 12.1 Å². The number of rotatable bonds is 4. The van der Waals surface area contributed by atoms with Gasteiger partial charge in [0.05, 0.1) is 4.92 Å². The number of anilines is 1. The molecule has 4 nitrogen and oxygen atoms in total. The van der Waals surface area contributed by atoms with E-state index >= 15 is 0 Å². The lowest BCUT2D eigenvalue weighted by molar-refractivity contribution is -0.384. The predicted molar refractivity (Wildman–Crippen MR) is 103 cm³/mol. The van der Waals surface area contributed by atoms with Crippen LogP contribution in [0.2, 0.25) is 0 Å². The number of benzene rings is 2. The van der Waals surface area contributed by atoms with Crippen molar-refractivity contribution in [1.29, 1.82) is 0 Å². The molecule has 0 amide bonds. The molecule has 0 bridgehead atoms. The van der Waals surface area contributed by atoms with Crippen LogP contribution in [0.25, 0.3) is 6.08 Å². The molecule has 0 saturated carbocycles. The molecular weight excluding hydrogens is 312 g/mol. The molecule has 128 valence electrons. The van der Waals surface area contributed by atoms with Gasteiger partial charge in [-0.25, -0.2) is 0 Å². The third-order valence-electron chi connectivity index (χ3n) is 4.78. The molecule has 1 aliphatic rings. The van der Waals surface area contributed by atoms with Crippen molar-refractivity contribution in [2.45, 2.75) is 26.2 Å². The first-order valence-corrected chi connectivity index (χ1v) is 8.44. The minimum absolute atomic E-state index is 0.111. The summed E-state index contributed by atoms with van der Waals surface area (Å²) in [5.41, 5.74) is 4.52. The molecule has 0 radical (unpaired) electrons. The van der Waals surface area contributed by atoms with Crippen LogP contribution in [-0.4, -0.2) is 11.5 Å². The maximum atomic E-state index is 10.9. The minimum atomic E-state index is -0.365. The van der Waals surface area contributed by atoms with E-state index in [2.05, 4.69) is 62.2 Å². The van der Waals surface area contributed by atoms with E-state index in [-0.39, 0.29) is 16.0 Å². The Labute approximate surface area is 148 Å². The van der Waals surface area contributed by atoms with Gasteiger partial charge in [-0.2, -0.15) is 0 Å². The van der Waals surface area contributed by atoms with Gasteiger partial charge in [-0.3, -0.25) is 10.1 Å². The highest BCUT2D eigenvalue weighted by molar-refractivity contribution is 5.68. The lowest BCUT2D eigenvalue weighted by atomic mass is 9.75. The predicted octanol–water partition coefficient (Wildman–Crippen LogP) is 5.31. The molecule has 0 fully saturated rings. The summed E-state index contributed by atoms with van der Waals surface area (Å²) in [6, 6.07) is 15.2. The molecule has 0 saturated heterocycles. The highest BCUT2D eigenvalue weighted by Crippen LogP contribution is 2.42. The summed E-state index contributed by atoms with van der Waals surface area (Å²) >= 11 is 0. The smallest absolute Gasteiger partial charge is 0.270 e. The second-order valence-electron chi connectivity index (χ2n) is 6.70. The Morgan fingerprint density at radius 2 is 1.88 bits per heavy atom. The summed E-state index contributed by atoms with van der Waals surface area (Å²) in [4.78, 5) is 12.8. The summed E-state index contributed by atoms with van der Waals surface area (Å²) in [7, 11) is 0. The van der Waals surface area contributed by atoms with Gasteiger partial charge < -0.3 is 4.90 Å². The fourth-order valence-electron chi connectivity index (χ4n) is 3.25. The zero-order valence-corrected chi connectivity index (χ0v) is 14.8. The Morgan fingerprint density at radius 1 is 1.12 bits per heavy atom. The van der Waals surface area contributed by atoms with E-state index in [1.54, 1.807) is 12.1 Å². The average molecular weight is 334 g/mol. The lowest BCUT2D eigenvalue weighted by Gasteiger charge is -2.38. The topological polar surface area (TPSA) is 46.4 Å². The minimum Gasteiger partial charge on any atom is -0.348 e. The number of fused-ring (bicyclic) bond motifs is 1. The number of allylic oxidation sites excluding steroid dienone is 2. The SMILES string of the molecule is CCN1C=C(C=Cc2cccc([N+](=O)[O-])c2)C(C)(C)c2ccccc21. The number of nitrogens with zero attached hydrogens (tertiary/aromatic N) is 2. The number of nitro benzene ring substituents is 1. The van der Waals surface area contributed by atoms with Gasteiger partial charge in [0.2, 0.25) is 0 Å². The third kappa shape index (κ3) is 3.20. The van der Waals surface area contributed by atoms with Crippen molar-refractivity contribution in [3.8, 4) is 0 Å². The standard InChI is InChI=1S/C21H22N2O2/c1-4-22-15-17(21(2,3)19-10-5-6-11-20(19)22)13-12-16-8-7-9-18(14-16)23(24)25/h5-15H,4H2,1-3H3. The highest BCUT2D eigenvalue weighted by atomic mass is 16.6. The van der Waals surface area contributed by atoms with Crippen molar-refractivity contribution in [1.82, 2.24) is 0 Å². The molecule has 0 unspecified atom stereocenters. The second-order valence-corrected chi connectivity index (χ2v) is 6.70. The summed E-state index contributed by atoms with van der Waals surface area (Å²) in [5.74, 6) is 0. The van der Waals surface area contributed by atoms with Crippen molar-refractivity contribution in [2.24, 2.45) is 0 Å². The van der Waals surface area contributed by atoms with Crippen molar-refractivity contribution < 1.29 is 4.92 Å². The molecule has 4 heteroatoms. The van der Waals surface area contributed by atoms with Crippen LogP contribution in [0.4, 0.5) is 11.4 Å². The fourth-order valence-corrected chi connectivity index (χ4v) is 3.25. The summed E-state index contributed by atoms with van der Waals surface area (Å²) in [6.45, 7) is 7.44. The van der Waals surface area contributed by atoms with E-state index in [1.165, 1.54) is 22.9 Å². The van der Waals surface area contributed by atoms with Gasteiger partial charge in [0.15, 0.2) is 0 Å². The second kappa shape index (κ2) is 6.55. The Hall–Kier alpha value is -2.88. The number of hydrogen-bond donors (Lipinski definition) is 0. The number of non-ortho nitro benzene ring substituents is 1. The molecule has 0 N–H and O–H groups in total. The van der Waals surface area contributed by atoms with Crippen LogP contribution in [0.3, 0.4) is 0 Å². The quantitative estimate of drug-likeness (QED) is 0.562. The fraction of sp³-hybridized carbons (Fsp3) is 0.238. The molecule has 2 aromatic carbocycles. The first kappa shape index (κ1) is 17.0. The first-order valence-electron chi connectivity index (χ1n) is 8.44. The molecule has 3 rings (SSSR count). The molecule has 0 aliphatic carbocycles. The van der Waals surface area contributed by atoms with Gasteiger partial charge in [0, 0.05) is 36.0 Å². The maximum Gasteiger partial charge on any atom is 0.270 e. The number of para-hydroxylation sites is 1. The van der Waals surface area contributed by atoms with Crippen LogP contribution in [0.1, 0.15) is 31.9 Å². The zero-order valence-electron chi connectivity index (χ0n) is 14.8. The van der Waals surface area contributed by atoms with E-state index < -0.39 is 0 Å². The molecule has 0 spiro atoms. The van der Waals surface area contributed by atoms with E-state index in [0.29, 0.717) is 0 Å². The van der Waals surface area contributed by atoms with Gasteiger partial charge in [0.25, 0.3) is 5.69 Å². The molecule has 1 aliphatic heterocycles. The summed E-state index contributed by atoms with van der Waals surface area (Å²) < 4.78 is 0. The molecule has 0 atom stereocenters. The van der Waals surface area contributed by atoms with Gasteiger partial charge >= 0.3 is 0 Å². The van der Waals surface area contributed by atoms with Gasteiger partial charge in [-0.05, 0) is 29.7 Å². The van der Waals surface area contributed by atoms with Crippen LogP contribution < -0.4 is 4.90 Å². The molecule has 25 heavy (non-hydrogen) atoms. The molecular formula is C21H22N2O2. The Morgan fingerprint density at radius 3 is 2.60 bits per heavy atom. The van der Waals surface area contributed by atoms with Crippen LogP contribution in [0.15, 0.2) is 66.4 Å². The third-order valence-corrected chi connectivity index (χ3v) is 4.78. The van der Waals surface area contributed by atoms with Gasteiger partial charge in [0.1, 0.15) is 0 Å². The van der Waals surface area contributed by atoms with Crippen LogP contribution >= 0.6 is 0 Å². The zero-order chi connectivity index (χ0) is 18.0. The summed E-state index contributed by atoms with van der Waals surface area (Å²) in [6.07, 6.45) is 6.19. The van der Waals surface area contributed by atoms with E-state index in [0.717, 1.165) is 12.1 Å². The molecule has 1 heterocycles. The number of hydrogen-bond acceptors (Lipinski definition) is 3. The molecule has 2 aromatic rings. The highest BCUT2D eigenvalue weighted by Gasteiger charge is 2.31. The van der Waals surface area contributed by atoms with Gasteiger partial charge in [-0.15, -0.1) is 0 Å². The first-order chi connectivity index (χ1) is 11.9. The monoisotopic (exact) mass is 334 g/mol. The Kier molecular flexibility index (Phi) is 4.45. The Balaban J connectivity index is 1.98. The van der Waals surface area contributed by atoms with Crippen molar-refractivity contribution >= 4 is 17.5 Å². The largest absolute Gasteiger partial charge is 0.348 e. The van der Waals surface area contributed by atoms with Gasteiger partial charge in [-0.1, -0.05) is 56.3 Å². The van der Waals surface area contributed by atoms with Crippen LogP contribution in [0.5, 0.6) is 0 Å². The van der Waals surface area contributed by atoms with E-state index in [9.17, 15) is 10.1 Å². The molecule has 0 aromatic heterocycles. The van der Waals surface area contributed by atoms with E-state index in [4.69, 9.17) is 0 Å². The number of nitro groups is 1.